The maximum absolute atomic E-state index is 14.3. The fourth-order valence-corrected chi connectivity index (χ4v) is 4.50. The molecule has 0 amide bonds. The van der Waals surface area contributed by atoms with Gasteiger partial charge in [-0.1, -0.05) is 60.1 Å². The summed E-state index contributed by atoms with van der Waals surface area (Å²) in [6.07, 6.45) is 0. The second-order valence-electron chi connectivity index (χ2n) is 8.46. The van der Waals surface area contributed by atoms with Crippen molar-refractivity contribution in [2.45, 2.75) is 26.9 Å². The Morgan fingerprint density at radius 2 is 1.60 bits per heavy atom. The van der Waals surface area contributed by atoms with Crippen molar-refractivity contribution >= 4 is 17.2 Å². The molecule has 0 aliphatic carbocycles. The Bertz CT molecular complexity index is 1570. The molecule has 3 aromatic heterocycles. The summed E-state index contributed by atoms with van der Waals surface area (Å²) >= 11 is 6.18. The third kappa shape index (κ3) is 4.24. The average molecular weight is 485 g/mol. The Hall–Kier alpha value is -3.81. The fraction of sp³-hybridized carbons (Fsp3) is 0.185. The number of hydrogen-bond donors (Lipinski definition) is 1. The molecule has 0 unspecified atom stereocenters. The first-order valence-corrected chi connectivity index (χ1v) is 11.8. The first-order chi connectivity index (χ1) is 17.0. The summed E-state index contributed by atoms with van der Waals surface area (Å²) in [5.74, 6) is 0.646. The Kier molecular flexibility index (Phi) is 6.19. The Balaban J connectivity index is 1.88. The van der Waals surface area contributed by atoms with Crippen molar-refractivity contribution in [1.29, 1.82) is 0 Å². The van der Waals surface area contributed by atoms with Gasteiger partial charge in [-0.3, -0.25) is 9.78 Å². The minimum absolute atomic E-state index is 0.134. The van der Waals surface area contributed by atoms with Crippen LogP contribution in [0.15, 0.2) is 71.5 Å². The predicted molar refractivity (Wildman–Crippen MR) is 139 cm³/mol. The van der Waals surface area contributed by atoms with Crippen molar-refractivity contribution in [3.05, 3.63) is 105 Å². The summed E-state index contributed by atoms with van der Waals surface area (Å²) in [7, 11) is 1.84. The van der Waals surface area contributed by atoms with Gasteiger partial charge in [0.2, 0.25) is 0 Å². The zero-order valence-corrected chi connectivity index (χ0v) is 20.5. The molecule has 0 fully saturated rings. The lowest BCUT2D eigenvalue weighted by Crippen LogP contribution is -2.31. The number of hydrogen-bond acceptors (Lipinski definition) is 5. The van der Waals surface area contributed by atoms with Crippen LogP contribution in [-0.4, -0.2) is 31.4 Å². The molecular formula is C27H25ClN6O. The van der Waals surface area contributed by atoms with Crippen LogP contribution in [0.1, 0.15) is 22.8 Å². The molecule has 0 aliphatic rings. The van der Waals surface area contributed by atoms with Gasteiger partial charge in [-0.15, -0.1) is 10.2 Å². The lowest BCUT2D eigenvalue weighted by Gasteiger charge is -2.18. The highest BCUT2D eigenvalue weighted by Gasteiger charge is 2.24. The summed E-state index contributed by atoms with van der Waals surface area (Å²) in [5, 5.41) is 12.8. The van der Waals surface area contributed by atoms with Gasteiger partial charge in [0.25, 0.3) is 5.56 Å². The molecule has 0 radical (unpaired) electrons. The van der Waals surface area contributed by atoms with E-state index >= 15 is 0 Å². The van der Waals surface area contributed by atoms with Gasteiger partial charge >= 0.3 is 0 Å². The van der Waals surface area contributed by atoms with Crippen molar-refractivity contribution < 1.29 is 0 Å². The molecule has 0 saturated carbocycles. The molecule has 2 aromatic carbocycles. The van der Waals surface area contributed by atoms with Crippen LogP contribution in [0, 0.1) is 13.8 Å². The van der Waals surface area contributed by atoms with E-state index in [2.05, 4.69) is 20.5 Å². The van der Waals surface area contributed by atoms with Gasteiger partial charge in [-0.2, -0.15) is 0 Å². The number of fused-ring (bicyclic) bond motifs is 1. The standard InChI is InChI=1S/C27H25ClN6O/c1-17-9-10-21(18(2)30-17)16-33-27(35)25(19-7-5-4-6-8-19)24(20-11-13-22(28)14-12-20)26-32-31-23(15-29-3)34(26)33/h4-14,29H,15-16H2,1-3H3. The Labute approximate surface area is 208 Å². The second-order valence-corrected chi connectivity index (χ2v) is 8.90. The third-order valence-corrected chi connectivity index (χ3v) is 6.31. The van der Waals surface area contributed by atoms with Crippen molar-refractivity contribution in [2.24, 2.45) is 0 Å². The van der Waals surface area contributed by atoms with Crippen LogP contribution < -0.4 is 10.9 Å². The number of rotatable bonds is 6. The third-order valence-electron chi connectivity index (χ3n) is 6.05. The van der Waals surface area contributed by atoms with Crippen LogP contribution in [-0.2, 0) is 13.1 Å². The van der Waals surface area contributed by atoms with Gasteiger partial charge in [-0.05, 0) is 55.8 Å². The van der Waals surface area contributed by atoms with Crippen molar-refractivity contribution in [2.75, 3.05) is 7.05 Å². The average Bonchev–Trinajstić information content (AvgIpc) is 3.26. The number of pyridine rings is 1. The first-order valence-electron chi connectivity index (χ1n) is 11.4. The highest BCUT2D eigenvalue weighted by Crippen LogP contribution is 2.33. The molecule has 8 heteroatoms. The van der Waals surface area contributed by atoms with E-state index in [-0.39, 0.29) is 5.56 Å². The molecular weight excluding hydrogens is 460 g/mol. The van der Waals surface area contributed by atoms with Crippen molar-refractivity contribution in [3.63, 3.8) is 0 Å². The van der Waals surface area contributed by atoms with Crippen LogP contribution >= 0.6 is 11.6 Å². The smallest absolute Gasteiger partial charge is 0.274 e. The monoisotopic (exact) mass is 484 g/mol. The van der Waals surface area contributed by atoms with Crippen molar-refractivity contribution in [3.8, 4) is 22.3 Å². The topological polar surface area (TPSA) is 77.1 Å². The normalized spacial score (nSPS) is 11.3. The SMILES string of the molecule is CNCc1nnc2c(-c3ccc(Cl)cc3)c(-c3ccccc3)c(=O)n(Cc3ccc(C)nc3C)n12. The molecule has 1 N–H and O–H groups in total. The molecule has 7 nitrogen and oxygen atoms in total. The maximum Gasteiger partial charge on any atom is 0.274 e. The van der Waals surface area contributed by atoms with E-state index in [1.54, 1.807) is 4.68 Å². The summed E-state index contributed by atoms with van der Waals surface area (Å²) in [4.78, 5) is 18.9. The largest absolute Gasteiger partial charge is 0.313 e. The van der Waals surface area contributed by atoms with E-state index < -0.39 is 0 Å². The molecule has 5 aromatic rings. The highest BCUT2D eigenvalue weighted by molar-refractivity contribution is 6.30. The summed E-state index contributed by atoms with van der Waals surface area (Å²) < 4.78 is 3.54. The van der Waals surface area contributed by atoms with E-state index in [4.69, 9.17) is 11.6 Å². The lowest BCUT2D eigenvalue weighted by molar-refractivity contribution is 0.565. The lowest BCUT2D eigenvalue weighted by atomic mass is 9.96. The molecule has 3 heterocycles. The molecule has 0 bridgehead atoms. The van der Waals surface area contributed by atoms with E-state index in [1.807, 2.05) is 92.1 Å². The van der Waals surface area contributed by atoms with Crippen LogP contribution in [0.3, 0.4) is 0 Å². The fourth-order valence-electron chi connectivity index (χ4n) is 4.38. The van der Waals surface area contributed by atoms with E-state index in [0.29, 0.717) is 35.1 Å². The van der Waals surface area contributed by atoms with Gasteiger partial charge in [0.15, 0.2) is 11.5 Å². The number of nitrogens with one attached hydrogen (secondary N) is 1. The summed E-state index contributed by atoms with van der Waals surface area (Å²) in [6.45, 7) is 4.71. The van der Waals surface area contributed by atoms with Crippen LogP contribution in [0.25, 0.3) is 27.9 Å². The summed E-state index contributed by atoms with van der Waals surface area (Å²) in [5.41, 5.74) is 6.21. The minimum atomic E-state index is -0.134. The number of benzene rings is 2. The molecule has 5 rings (SSSR count). The number of aromatic nitrogens is 5. The number of halogens is 1. The van der Waals surface area contributed by atoms with Crippen LogP contribution in [0.4, 0.5) is 0 Å². The van der Waals surface area contributed by atoms with Gasteiger partial charge in [-0.25, -0.2) is 9.20 Å². The predicted octanol–water partition coefficient (Wildman–Crippen LogP) is 4.66. The molecule has 0 spiro atoms. The number of aryl methyl sites for hydroxylation is 2. The van der Waals surface area contributed by atoms with E-state index in [9.17, 15) is 4.79 Å². The van der Waals surface area contributed by atoms with Gasteiger partial charge in [0.1, 0.15) is 0 Å². The molecule has 0 aliphatic heterocycles. The maximum atomic E-state index is 14.3. The number of nitrogens with zero attached hydrogens (tertiary/aromatic N) is 5. The van der Waals surface area contributed by atoms with Gasteiger partial charge in [0.05, 0.1) is 18.7 Å². The molecule has 35 heavy (non-hydrogen) atoms. The zero-order valence-electron chi connectivity index (χ0n) is 19.8. The van der Waals surface area contributed by atoms with E-state index in [0.717, 1.165) is 33.6 Å². The zero-order chi connectivity index (χ0) is 24.5. The highest BCUT2D eigenvalue weighted by atomic mass is 35.5. The van der Waals surface area contributed by atoms with Gasteiger partial charge < -0.3 is 5.32 Å². The Morgan fingerprint density at radius 3 is 2.29 bits per heavy atom. The summed E-state index contributed by atoms with van der Waals surface area (Å²) in [6, 6.07) is 21.1. The Morgan fingerprint density at radius 1 is 0.886 bits per heavy atom. The first kappa shape index (κ1) is 23.0. The minimum Gasteiger partial charge on any atom is -0.313 e. The van der Waals surface area contributed by atoms with Gasteiger partial charge in [0, 0.05) is 22.0 Å². The van der Waals surface area contributed by atoms with Crippen LogP contribution in [0.2, 0.25) is 5.02 Å². The second kappa shape index (κ2) is 9.44. The molecule has 176 valence electrons. The van der Waals surface area contributed by atoms with E-state index in [1.165, 1.54) is 0 Å². The van der Waals surface area contributed by atoms with Crippen molar-refractivity contribution in [1.82, 2.24) is 29.7 Å². The molecule has 0 saturated heterocycles. The quantitative estimate of drug-likeness (QED) is 0.379. The molecule has 0 atom stereocenters. The van der Waals surface area contributed by atoms with Crippen LogP contribution in [0.5, 0.6) is 0 Å².